The van der Waals surface area contributed by atoms with E-state index in [1.165, 1.54) is 7.11 Å². The summed E-state index contributed by atoms with van der Waals surface area (Å²) in [5.41, 5.74) is 0. The summed E-state index contributed by atoms with van der Waals surface area (Å²) in [5.74, 6) is 0.233. The van der Waals surface area contributed by atoms with Crippen molar-refractivity contribution in [3.05, 3.63) is 24.3 Å². The Labute approximate surface area is 95.4 Å². The third-order valence-corrected chi connectivity index (χ3v) is 2.93. The molecule has 1 rings (SSSR count). The molecule has 0 heterocycles. The molecule has 90 valence electrons. The maximum absolute atomic E-state index is 12.0. The number of hydrogen-bond donors (Lipinski definition) is 1. The SMILES string of the molecule is COc1ccc(SCC(O)C(F)(F)F)cc1. The van der Waals surface area contributed by atoms with Gasteiger partial charge in [0, 0.05) is 10.6 Å². The zero-order chi connectivity index (χ0) is 12.2. The normalized spacial score (nSPS) is 13.6. The van der Waals surface area contributed by atoms with E-state index in [1.54, 1.807) is 24.3 Å². The molecule has 0 spiro atoms. The van der Waals surface area contributed by atoms with Crippen molar-refractivity contribution in [1.29, 1.82) is 0 Å². The fraction of sp³-hybridized carbons (Fsp3) is 0.400. The third kappa shape index (κ3) is 3.94. The predicted molar refractivity (Wildman–Crippen MR) is 55.8 cm³/mol. The average Bonchev–Trinajstić information content (AvgIpc) is 2.25. The minimum atomic E-state index is -4.56. The van der Waals surface area contributed by atoms with Gasteiger partial charge in [-0.25, -0.2) is 0 Å². The molecule has 1 N–H and O–H groups in total. The van der Waals surface area contributed by atoms with Gasteiger partial charge in [-0.05, 0) is 24.3 Å². The number of halogens is 3. The first kappa shape index (κ1) is 13.2. The van der Waals surface area contributed by atoms with E-state index in [2.05, 4.69) is 0 Å². The molecular weight excluding hydrogens is 241 g/mol. The van der Waals surface area contributed by atoms with Gasteiger partial charge in [0.25, 0.3) is 0 Å². The van der Waals surface area contributed by atoms with Crippen molar-refractivity contribution in [3.63, 3.8) is 0 Å². The molecular formula is C10H11F3O2S. The van der Waals surface area contributed by atoms with Crippen LogP contribution in [0.15, 0.2) is 29.2 Å². The van der Waals surface area contributed by atoms with E-state index >= 15 is 0 Å². The van der Waals surface area contributed by atoms with Crippen LogP contribution in [0.5, 0.6) is 5.75 Å². The second-order valence-electron chi connectivity index (χ2n) is 3.04. The Hall–Kier alpha value is -0.880. The Kier molecular flexibility index (Phi) is 4.49. The molecule has 0 saturated carbocycles. The summed E-state index contributed by atoms with van der Waals surface area (Å²) in [7, 11) is 1.51. The summed E-state index contributed by atoms with van der Waals surface area (Å²) in [6, 6.07) is 6.60. The monoisotopic (exact) mass is 252 g/mol. The first-order chi connectivity index (χ1) is 7.43. The highest BCUT2D eigenvalue weighted by molar-refractivity contribution is 7.99. The zero-order valence-corrected chi connectivity index (χ0v) is 9.31. The highest BCUT2D eigenvalue weighted by atomic mass is 32.2. The summed E-state index contributed by atoms with van der Waals surface area (Å²) in [6.07, 6.45) is -6.85. The van der Waals surface area contributed by atoms with Gasteiger partial charge in [-0.2, -0.15) is 13.2 Å². The lowest BCUT2D eigenvalue weighted by Crippen LogP contribution is -2.30. The van der Waals surface area contributed by atoms with Gasteiger partial charge in [-0.1, -0.05) is 0 Å². The second-order valence-corrected chi connectivity index (χ2v) is 4.14. The molecule has 1 aromatic rings. The fourth-order valence-corrected chi connectivity index (χ4v) is 1.81. The largest absolute Gasteiger partial charge is 0.497 e. The topological polar surface area (TPSA) is 29.5 Å². The Morgan fingerprint density at radius 2 is 1.88 bits per heavy atom. The zero-order valence-electron chi connectivity index (χ0n) is 8.49. The molecule has 1 aromatic carbocycles. The highest BCUT2D eigenvalue weighted by Gasteiger charge is 2.37. The maximum atomic E-state index is 12.0. The van der Waals surface area contributed by atoms with E-state index < -0.39 is 18.0 Å². The number of aliphatic hydroxyl groups excluding tert-OH is 1. The van der Waals surface area contributed by atoms with Crippen molar-refractivity contribution in [1.82, 2.24) is 0 Å². The number of rotatable bonds is 4. The number of hydrogen-bond acceptors (Lipinski definition) is 3. The van der Waals surface area contributed by atoms with Gasteiger partial charge >= 0.3 is 6.18 Å². The Morgan fingerprint density at radius 3 is 2.31 bits per heavy atom. The predicted octanol–water partition coefficient (Wildman–Crippen LogP) is 2.71. The van der Waals surface area contributed by atoms with Gasteiger partial charge in [-0.3, -0.25) is 0 Å². The third-order valence-electron chi connectivity index (χ3n) is 1.85. The lowest BCUT2D eigenvalue weighted by atomic mass is 10.3. The van der Waals surface area contributed by atoms with Crippen LogP contribution in [-0.2, 0) is 0 Å². The second kappa shape index (κ2) is 5.45. The van der Waals surface area contributed by atoms with Crippen molar-refractivity contribution >= 4 is 11.8 Å². The minimum Gasteiger partial charge on any atom is -0.497 e. The Balaban J connectivity index is 2.48. The number of thioether (sulfide) groups is 1. The van der Waals surface area contributed by atoms with E-state index in [4.69, 9.17) is 9.84 Å². The summed E-state index contributed by atoms with van der Waals surface area (Å²) < 4.78 is 40.9. The van der Waals surface area contributed by atoms with E-state index in [0.717, 1.165) is 11.8 Å². The molecule has 0 aliphatic heterocycles. The summed E-state index contributed by atoms with van der Waals surface area (Å²) in [4.78, 5) is 0.657. The van der Waals surface area contributed by atoms with Crippen LogP contribution in [0.4, 0.5) is 13.2 Å². The lowest BCUT2D eigenvalue weighted by molar-refractivity contribution is -0.195. The molecule has 0 fully saturated rings. The lowest BCUT2D eigenvalue weighted by Gasteiger charge is -2.13. The van der Waals surface area contributed by atoms with Crippen molar-refractivity contribution in [2.75, 3.05) is 12.9 Å². The number of ether oxygens (including phenoxy) is 1. The van der Waals surface area contributed by atoms with Crippen molar-refractivity contribution < 1.29 is 23.0 Å². The van der Waals surface area contributed by atoms with Crippen LogP contribution in [0.2, 0.25) is 0 Å². The van der Waals surface area contributed by atoms with Crippen LogP contribution in [0.1, 0.15) is 0 Å². The first-order valence-electron chi connectivity index (χ1n) is 4.45. The van der Waals surface area contributed by atoms with Gasteiger partial charge in [0.05, 0.1) is 7.11 Å². The van der Waals surface area contributed by atoms with Crippen LogP contribution in [0.3, 0.4) is 0 Å². The summed E-state index contributed by atoms with van der Waals surface area (Å²) >= 11 is 0.949. The molecule has 1 unspecified atom stereocenters. The first-order valence-corrected chi connectivity index (χ1v) is 5.43. The summed E-state index contributed by atoms with van der Waals surface area (Å²) in [5, 5.41) is 8.78. The molecule has 16 heavy (non-hydrogen) atoms. The smallest absolute Gasteiger partial charge is 0.415 e. The molecule has 0 aliphatic rings. The molecule has 6 heteroatoms. The van der Waals surface area contributed by atoms with Gasteiger partial charge < -0.3 is 9.84 Å². The average molecular weight is 252 g/mol. The van der Waals surface area contributed by atoms with Crippen molar-refractivity contribution in [3.8, 4) is 5.75 Å². The molecule has 0 bridgehead atoms. The van der Waals surface area contributed by atoms with Gasteiger partial charge in [0.1, 0.15) is 5.75 Å². The number of aliphatic hydroxyl groups is 1. The van der Waals surface area contributed by atoms with Crippen LogP contribution >= 0.6 is 11.8 Å². The van der Waals surface area contributed by atoms with Crippen LogP contribution in [0.25, 0.3) is 0 Å². The Bertz CT molecular complexity index is 324. The van der Waals surface area contributed by atoms with Gasteiger partial charge in [0.2, 0.25) is 0 Å². The fourth-order valence-electron chi connectivity index (χ4n) is 0.942. The van der Waals surface area contributed by atoms with E-state index in [9.17, 15) is 13.2 Å². The van der Waals surface area contributed by atoms with Gasteiger partial charge in [-0.15, -0.1) is 11.8 Å². The van der Waals surface area contributed by atoms with Crippen LogP contribution in [0, 0.1) is 0 Å². The highest BCUT2D eigenvalue weighted by Crippen LogP contribution is 2.27. The van der Waals surface area contributed by atoms with Crippen molar-refractivity contribution in [2.45, 2.75) is 17.2 Å². The number of alkyl halides is 3. The van der Waals surface area contributed by atoms with Gasteiger partial charge in [0.15, 0.2) is 6.10 Å². The molecule has 2 nitrogen and oxygen atoms in total. The number of benzene rings is 1. The maximum Gasteiger partial charge on any atom is 0.415 e. The number of methoxy groups -OCH3 is 1. The molecule has 0 aliphatic carbocycles. The summed E-state index contributed by atoms with van der Waals surface area (Å²) in [6.45, 7) is 0. The van der Waals surface area contributed by atoms with E-state index in [-0.39, 0.29) is 0 Å². The quantitative estimate of drug-likeness (QED) is 0.835. The van der Waals surface area contributed by atoms with E-state index in [0.29, 0.717) is 10.6 Å². The van der Waals surface area contributed by atoms with Crippen LogP contribution < -0.4 is 4.74 Å². The van der Waals surface area contributed by atoms with Crippen LogP contribution in [-0.4, -0.2) is 30.2 Å². The molecule has 0 saturated heterocycles. The van der Waals surface area contributed by atoms with E-state index in [1.807, 2.05) is 0 Å². The molecule has 0 radical (unpaired) electrons. The molecule has 0 amide bonds. The molecule has 1 atom stereocenters. The van der Waals surface area contributed by atoms with Crippen molar-refractivity contribution in [2.24, 2.45) is 0 Å². The minimum absolute atomic E-state index is 0.407. The molecule has 0 aromatic heterocycles. The standard InChI is InChI=1S/C10H11F3O2S/c1-15-7-2-4-8(5-3-7)16-6-9(14)10(11,12)13/h2-5,9,14H,6H2,1H3. The Morgan fingerprint density at radius 1 is 1.31 bits per heavy atom.